The van der Waals surface area contributed by atoms with Crippen LogP contribution in [0.25, 0.3) is 0 Å². The first-order chi connectivity index (χ1) is 14.0. The third-order valence-corrected chi connectivity index (χ3v) is 6.00. The highest BCUT2D eigenvalue weighted by atomic mass is 16.5. The molecule has 1 aliphatic rings. The van der Waals surface area contributed by atoms with E-state index in [-0.39, 0.29) is 12.1 Å². The molecule has 0 aromatic carbocycles. The van der Waals surface area contributed by atoms with Crippen molar-refractivity contribution in [2.24, 2.45) is 17.8 Å². The summed E-state index contributed by atoms with van der Waals surface area (Å²) < 4.78 is 5.77. The molecule has 0 amide bonds. The number of allylic oxidation sites excluding steroid dienone is 2. The monoisotopic (exact) mass is 408 g/mol. The molecule has 0 heterocycles. The molecule has 0 saturated carbocycles. The maximum absolute atomic E-state index is 12.6. The van der Waals surface area contributed by atoms with Crippen LogP contribution in [0.15, 0.2) is 12.2 Å². The van der Waals surface area contributed by atoms with Crippen LogP contribution in [0.5, 0.6) is 0 Å². The topological polar surface area (TPSA) is 63.6 Å². The molecule has 0 aromatic heterocycles. The summed E-state index contributed by atoms with van der Waals surface area (Å²) in [5, 5.41) is 9.37. The van der Waals surface area contributed by atoms with Gasteiger partial charge in [-0.05, 0) is 38.0 Å². The molecular formula is C25H44O4. The van der Waals surface area contributed by atoms with Crippen molar-refractivity contribution in [1.82, 2.24) is 0 Å². The van der Waals surface area contributed by atoms with Gasteiger partial charge in [0.15, 0.2) is 0 Å². The molecule has 4 nitrogen and oxygen atoms in total. The molecule has 3 unspecified atom stereocenters. The Hall–Kier alpha value is -1.32. The number of rotatable bonds is 16. The Morgan fingerprint density at radius 2 is 1.38 bits per heavy atom. The highest BCUT2D eigenvalue weighted by molar-refractivity contribution is 5.81. The maximum Gasteiger partial charge on any atom is 0.310 e. The van der Waals surface area contributed by atoms with Crippen molar-refractivity contribution in [1.29, 1.82) is 0 Å². The van der Waals surface area contributed by atoms with E-state index in [4.69, 9.17) is 4.74 Å². The van der Waals surface area contributed by atoms with Crippen molar-refractivity contribution >= 4 is 11.9 Å². The smallest absolute Gasteiger partial charge is 0.310 e. The van der Waals surface area contributed by atoms with Gasteiger partial charge in [0.05, 0.1) is 11.8 Å². The van der Waals surface area contributed by atoms with E-state index in [2.05, 4.69) is 20.8 Å². The van der Waals surface area contributed by atoms with Gasteiger partial charge in [-0.25, -0.2) is 0 Å². The summed E-state index contributed by atoms with van der Waals surface area (Å²) in [6, 6.07) is 0. The molecule has 0 fully saturated rings. The minimum Gasteiger partial charge on any atom is -0.481 e. The lowest BCUT2D eigenvalue weighted by Gasteiger charge is -2.26. The van der Waals surface area contributed by atoms with E-state index in [9.17, 15) is 14.7 Å². The van der Waals surface area contributed by atoms with Crippen molar-refractivity contribution in [2.45, 2.75) is 117 Å². The molecule has 1 rings (SSSR count). The molecule has 0 saturated heterocycles. The van der Waals surface area contributed by atoms with Gasteiger partial charge in [0.2, 0.25) is 0 Å². The molecule has 168 valence electrons. The predicted molar refractivity (Wildman–Crippen MR) is 119 cm³/mol. The number of carboxylic acid groups (broad SMARTS) is 1. The van der Waals surface area contributed by atoms with E-state index in [1.165, 1.54) is 51.4 Å². The number of hydrogen-bond donors (Lipinski definition) is 1. The zero-order chi connectivity index (χ0) is 21.5. The van der Waals surface area contributed by atoms with Crippen LogP contribution in [-0.2, 0) is 14.3 Å². The molecule has 0 spiro atoms. The fourth-order valence-corrected chi connectivity index (χ4v) is 4.17. The average Bonchev–Trinajstić information content (AvgIpc) is 2.69. The van der Waals surface area contributed by atoms with Gasteiger partial charge < -0.3 is 9.84 Å². The van der Waals surface area contributed by atoms with E-state index in [0.29, 0.717) is 12.8 Å². The fraction of sp³-hybridized carbons (Fsp3) is 0.840. The zero-order valence-corrected chi connectivity index (χ0v) is 19.0. The molecule has 0 aliphatic heterocycles. The van der Waals surface area contributed by atoms with Gasteiger partial charge in [0.25, 0.3) is 0 Å². The largest absolute Gasteiger partial charge is 0.481 e. The summed E-state index contributed by atoms with van der Waals surface area (Å²) in [6.07, 6.45) is 18.9. The minimum absolute atomic E-state index is 0.0658. The van der Waals surface area contributed by atoms with Gasteiger partial charge in [-0.2, -0.15) is 0 Å². The standard InChI is InChI=1S/C25H44O4/c1-4-15-21(17-12-10-8-6-5-7-9-11-16-20(2)3)29-25(28)23-19-14-13-18-22(23)24(26)27/h13-14,20-23H,4-12,15-19H2,1-3H3,(H,26,27). The quantitative estimate of drug-likeness (QED) is 0.171. The molecule has 0 radical (unpaired) electrons. The summed E-state index contributed by atoms with van der Waals surface area (Å²) in [4.78, 5) is 24.0. The molecule has 1 aliphatic carbocycles. The average molecular weight is 409 g/mol. The molecule has 29 heavy (non-hydrogen) atoms. The molecule has 3 atom stereocenters. The van der Waals surface area contributed by atoms with E-state index in [1.807, 2.05) is 12.2 Å². The number of esters is 1. The van der Waals surface area contributed by atoms with Crippen LogP contribution < -0.4 is 0 Å². The molecule has 4 heteroatoms. The Morgan fingerprint density at radius 1 is 0.862 bits per heavy atom. The van der Waals surface area contributed by atoms with Crippen LogP contribution in [-0.4, -0.2) is 23.1 Å². The Kier molecular flexibility index (Phi) is 13.8. The lowest BCUT2D eigenvalue weighted by atomic mass is 9.83. The number of ether oxygens (including phenoxy) is 1. The summed E-state index contributed by atoms with van der Waals surface area (Å²) >= 11 is 0. The van der Waals surface area contributed by atoms with Crippen molar-refractivity contribution in [3.63, 3.8) is 0 Å². The highest BCUT2D eigenvalue weighted by Gasteiger charge is 2.35. The Morgan fingerprint density at radius 3 is 1.90 bits per heavy atom. The maximum atomic E-state index is 12.6. The number of aliphatic carboxylic acids is 1. The van der Waals surface area contributed by atoms with Gasteiger partial charge in [-0.3, -0.25) is 9.59 Å². The van der Waals surface area contributed by atoms with Crippen LogP contribution in [0, 0.1) is 17.8 Å². The Bertz CT molecular complexity index is 483. The fourth-order valence-electron chi connectivity index (χ4n) is 4.17. The molecule has 0 aromatic rings. The van der Waals surface area contributed by atoms with Gasteiger partial charge >= 0.3 is 11.9 Å². The predicted octanol–water partition coefficient (Wildman–Crippen LogP) is 6.92. The summed E-state index contributed by atoms with van der Waals surface area (Å²) in [7, 11) is 0. The SMILES string of the molecule is CCCC(CCCCCCCCCCC(C)C)OC(=O)C1CC=CCC1C(=O)O. The third-order valence-electron chi connectivity index (χ3n) is 6.00. The number of carbonyl (C=O) groups is 2. The zero-order valence-electron chi connectivity index (χ0n) is 19.0. The van der Waals surface area contributed by atoms with E-state index in [0.717, 1.165) is 31.6 Å². The second-order valence-electron chi connectivity index (χ2n) is 9.14. The van der Waals surface area contributed by atoms with Crippen molar-refractivity contribution in [3.05, 3.63) is 12.2 Å². The van der Waals surface area contributed by atoms with Crippen molar-refractivity contribution in [3.8, 4) is 0 Å². The Labute approximate surface area is 178 Å². The summed E-state index contributed by atoms with van der Waals surface area (Å²) in [6.45, 7) is 6.68. The van der Waals surface area contributed by atoms with Crippen LogP contribution in [0.2, 0.25) is 0 Å². The van der Waals surface area contributed by atoms with Crippen molar-refractivity contribution < 1.29 is 19.4 Å². The lowest BCUT2D eigenvalue weighted by molar-refractivity contribution is -0.162. The summed E-state index contributed by atoms with van der Waals surface area (Å²) in [5.41, 5.74) is 0. The molecule has 0 bridgehead atoms. The van der Waals surface area contributed by atoms with Gasteiger partial charge in [-0.15, -0.1) is 0 Å². The van der Waals surface area contributed by atoms with E-state index < -0.39 is 17.8 Å². The van der Waals surface area contributed by atoms with E-state index >= 15 is 0 Å². The normalized spacial score (nSPS) is 20.0. The first kappa shape index (κ1) is 25.7. The number of carboxylic acids is 1. The summed E-state index contributed by atoms with van der Waals surface area (Å²) in [5.74, 6) is -1.57. The third kappa shape index (κ3) is 11.4. The first-order valence-electron chi connectivity index (χ1n) is 12.0. The van der Waals surface area contributed by atoms with Crippen LogP contribution >= 0.6 is 0 Å². The minimum atomic E-state index is -0.896. The van der Waals surface area contributed by atoms with Crippen LogP contribution in [0.4, 0.5) is 0 Å². The van der Waals surface area contributed by atoms with Gasteiger partial charge in [0, 0.05) is 0 Å². The number of unbranched alkanes of at least 4 members (excludes halogenated alkanes) is 7. The van der Waals surface area contributed by atoms with Crippen LogP contribution in [0.3, 0.4) is 0 Å². The second-order valence-corrected chi connectivity index (χ2v) is 9.14. The number of hydrogen-bond acceptors (Lipinski definition) is 3. The Balaban J connectivity index is 2.22. The van der Waals surface area contributed by atoms with Crippen molar-refractivity contribution in [2.75, 3.05) is 0 Å². The van der Waals surface area contributed by atoms with Gasteiger partial charge in [0.1, 0.15) is 6.10 Å². The first-order valence-corrected chi connectivity index (χ1v) is 12.0. The van der Waals surface area contributed by atoms with Gasteiger partial charge in [-0.1, -0.05) is 90.7 Å². The highest BCUT2D eigenvalue weighted by Crippen LogP contribution is 2.28. The number of carbonyl (C=O) groups excluding carboxylic acids is 1. The van der Waals surface area contributed by atoms with Crippen LogP contribution in [0.1, 0.15) is 111 Å². The molecular weight excluding hydrogens is 364 g/mol. The second kappa shape index (κ2) is 15.5. The molecule has 1 N–H and O–H groups in total. The van der Waals surface area contributed by atoms with E-state index in [1.54, 1.807) is 0 Å². The lowest BCUT2D eigenvalue weighted by Crippen LogP contribution is -2.34.